The van der Waals surface area contributed by atoms with E-state index < -0.39 is 36.3 Å². The average Bonchev–Trinajstić information content (AvgIpc) is 1.54. The smallest absolute Gasteiger partial charge is 0.252 e. The predicted molar refractivity (Wildman–Crippen MR) is 444 cm³/mol. The van der Waals surface area contributed by atoms with Crippen LogP contribution in [0.4, 0.5) is 34.1 Å². The largest absolute Gasteiger partial charge is 0.310 e. The summed E-state index contributed by atoms with van der Waals surface area (Å²) in [6.45, 7) is 33.9. The van der Waals surface area contributed by atoms with E-state index in [0.717, 1.165) is 134 Å². The summed E-state index contributed by atoms with van der Waals surface area (Å²) >= 11 is 0. The lowest BCUT2D eigenvalue weighted by Crippen LogP contribution is -2.61. The van der Waals surface area contributed by atoms with E-state index in [2.05, 4.69) is 343 Å². The molecule has 15 aromatic rings. The first-order valence-corrected chi connectivity index (χ1v) is 36.4. The molecule has 506 valence electrons. The molecule has 17 rings (SSSR count). The zero-order valence-corrected chi connectivity index (χ0v) is 61.8. The third kappa shape index (κ3) is 10.9. The molecule has 0 unspecified atom stereocenters. The zero-order chi connectivity index (χ0) is 78.4. The second-order valence-electron chi connectivity index (χ2n) is 33.7. The van der Waals surface area contributed by atoms with Crippen LogP contribution in [-0.2, 0) is 27.1 Å². The lowest BCUT2D eigenvalue weighted by molar-refractivity contribution is 0.569. The van der Waals surface area contributed by atoms with Crippen molar-refractivity contribution in [3.8, 4) is 55.9 Å². The highest BCUT2D eigenvalue weighted by Gasteiger charge is 2.47. The molecule has 0 saturated heterocycles. The summed E-state index contributed by atoms with van der Waals surface area (Å²) < 4.78 is 79.9. The molecule has 0 N–H and O–H groups in total. The first kappa shape index (κ1) is 56.7. The van der Waals surface area contributed by atoms with E-state index in [1.807, 2.05) is 6.07 Å². The van der Waals surface area contributed by atoms with Crippen molar-refractivity contribution in [3.05, 3.63) is 307 Å². The predicted octanol–water partition coefficient (Wildman–Crippen LogP) is 25.1. The fourth-order valence-electron chi connectivity index (χ4n) is 16.1. The van der Waals surface area contributed by atoms with Gasteiger partial charge in [-0.25, -0.2) is 0 Å². The third-order valence-electron chi connectivity index (χ3n) is 21.7. The van der Waals surface area contributed by atoms with Crippen LogP contribution >= 0.6 is 0 Å². The fourth-order valence-corrected chi connectivity index (χ4v) is 16.1. The van der Waals surface area contributed by atoms with E-state index in [1.54, 1.807) is 4.57 Å². The van der Waals surface area contributed by atoms with Gasteiger partial charge in [0.15, 0.2) is 0 Å². The molecule has 0 fully saturated rings. The third-order valence-corrected chi connectivity index (χ3v) is 21.7. The molecule has 2 aliphatic rings. The molecule has 5 heteroatoms. The van der Waals surface area contributed by atoms with Crippen LogP contribution < -0.4 is 26.2 Å². The van der Waals surface area contributed by atoms with Gasteiger partial charge >= 0.3 is 0 Å². The van der Waals surface area contributed by atoms with Crippen LogP contribution in [0.15, 0.2) is 279 Å². The van der Waals surface area contributed by atoms with Crippen molar-refractivity contribution < 1.29 is 11.0 Å². The Hall–Kier alpha value is -10.9. The number of fused-ring (bicyclic) bond motifs is 10. The molecule has 0 radical (unpaired) electrons. The Balaban J connectivity index is 1.10. The van der Waals surface area contributed by atoms with E-state index >= 15 is 0 Å². The second kappa shape index (κ2) is 23.9. The van der Waals surface area contributed by atoms with Gasteiger partial charge in [-0.15, -0.1) is 0 Å². The minimum atomic E-state index is -0.494. The number of benzene rings is 13. The number of nitrogens with zero attached hydrogens (tertiary/aromatic N) is 4. The quantitative estimate of drug-likeness (QED) is 0.141. The highest BCUT2D eigenvalue weighted by molar-refractivity contribution is 7.00. The average molecular weight is 1340 g/mol. The second-order valence-corrected chi connectivity index (χ2v) is 33.7. The Morgan fingerprint density at radius 1 is 0.282 bits per heavy atom. The van der Waals surface area contributed by atoms with E-state index in [4.69, 9.17) is 2.74 Å². The first-order chi connectivity index (χ1) is 52.6. The summed E-state index contributed by atoms with van der Waals surface area (Å²) in [7, 11) is 0. The van der Waals surface area contributed by atoms with Crippen LogP contribution in [0.5, 0.6) is 0 Å². The van der Waals surface area contributed by atoms with Gasteiger partial charge in [0, 0.05) is 72.4 Å². The monoisotopic (exact) mass is 1340 g/mol. The molecule has 0 saturated carbocycles. The van der Waals surface area contributed by atoms with E-state index in [0.29, 0.717) is 5.69 Å². The number of para-hydroxylation sites is 4. The van der Waals surface area contributed by atoms with Crippen LogP contribution in [0.2, 0.25) is 0 Å². The molecule has 103 heavy (non-hydrogen) atoms. The van der Waals surface area contributed by atoms with Gasteiger partial charge in [0.1, 0.15) is 0 Å². The van der Waals surface area contributed by atoms with Gasteiger partial charge in [-0.3, -0.25) is 0 Å². The SMILES string of the molecule is [2H]c1c([2H])c([2H])c2c(c1[2H])c1c([2H])c([2H])c([2H])c([2H])c1n2-c1ccc2c(c1)N(c1c(-c3ccccc3)cc(C(C)(C)C)cc1-c1ccccc1)c1cc(C(C)(C)C)cc3c1B2c1ccc(-c2cc(C(C)(C)C)cc(C(C)(C)C)c2)cc1N3c1c(-c2cccc(C(C)(C)C)c2)ccc2c1c1ccccc1n2-c1ccccc1. The van der Waals surface area contributed by atoms with Gasteiger partial charge in [-0.05, 0) is 178 Å². The number of hydrogen-bond acceptors (Lipinski definition) is 2. The maximum absolute atomic E-state index is 9.89. The number of anilines is 6. The zero-order valence-electron chi connectivity index (χ0n) is 69.8. The molecular weight excluding hydrogens is 1240 g/mol. The Kier molecular flexibility index (Phi) is 13.1. The molecule has 0 atom stereocenters. The number of rotatable bonds is 8. The topological polar surface area (TPSA) is 16.3 Å². The first-order valence-electron chi connectivity index (χ1n) is 40.4. The van der Waals surface area contributed by atoms with Crippen molar-refractivity contribution in [1.29, 1.82) is 0 Å². The summed E-state index contributed by atoms with van der Waals surface area (Å²) in [6, 6.07) is 81.7. The Bertz CT molecular complexity index is 6230. The standard InChI is InChI=1S/C98H91BN4/c1-94(2,3)67-37-31-36-65(52-67)74-48-51-85-90(77-42-27-30-45-84(77)100(85)72-38-23-18-24-39-72)93(74)103-86-55-64(66-53-68(95(4,5)6)56-69(54-66)96(7,8)9)46-49-80(86)99-81-50-47-73(101-82-43-28-25-40-75(82)76-41-26-29-44-83(76)101)61-87(81)102(88-59-71(98(13,14)15)60-89(103)91(88)99)92-78(62-32-19-16-20-33-62)57-70(97(10,11)12)58-79(92)63-34-21-17-22-35-63/h16-61H,1-15H3/i25D,26D,28D,29D,40D,41D,43D,44D. The maximum atomic E-state index is 9.89. The molecule has 0 aliphatic carbocycles. The van der Waals surface area contributed by atoms with Crippen LogP contribution in [0.25, 0.3) is 99.5 Å². The summed E-state index contributed by atoms with van der Waals surface area (Å²) in [5, 5.41) is 2.23. The van der Waals surface area contributed by atoms with Gasteiger partial charge in [-0.1, -0.05) is 304 Å². The van der Waals surface area contributed by atoms with E-state index in [9.17, 15) is 8.22 Å². The lowest BCUT2D eigenvalue weighted by Gasteiger charge is -2.46. The van der Waals surface area contributed by atoms with Crippen molar-refractivity contribution >= 4 is 101 Å². The summed E-state index contributed by atoms with van der Waals surface area (Å²) in [5.74, 6) is 0. The molecule has 0 amide bonds. The summed E-state index contributed by atoms with van der Waals surface area (Å²) in [5.41, 5.74) is 25.3. The van der Waals surface area contributed by atoms with Crippen LogP contribution in [0.3, 0.4) is 0 Å². The molecule has 0 spiro atoms. The molecule has 0 bridgehead atoms. The van der Waals surface area contributed by atoms with Crippen molar-refractivity contribution in [2.24, 2.45) is 0 Å². The molecule has 4 nitrogen and oxygen atoms in total. The van der Waals surface area contributed by atoms with Crippen LogP contribution in [0.1, 0.15) is 143 Å². The molecule has 2 aliphatic heterocycles. The fraction of sp³-hybridized carbons (Fsp3) is 0.204. The van der Waals surface area contributed by atoms with Gasteiger partial charge in [-0.2, -0.15) is 0 Å². The van der Waals surface area contributed by atoms with Gasteiger partial charge in [0.2, 0.25) is 0 Å². The van der Waals surface area contributed by atoms with Crippen LogP contribution in [-0.4, -0.2) is 15.8 Å². The Labute approximate surface area is 620 Å². The van der Waals surface area contributed by atoms with Crippen molar-refractivity contribution in [3.63, 3.8) is 0 Å². The van der Waals surface area contributed by atoms with Crippen molar-refractivity contribution in [2.45, 2.75) is 131 Å². The maximum Gasteiger partial charge on any atom is 0.252 e. The molecule has 13 aromatic carbocycles. The van der Waals surface area contributed by atoms with Gasteiger partial charge in [0.05, 0.1) is 44.4 Å². The lowest BCUT2D eigenvalue weighted by atomic mass is 9.33. The Morgan fingerprint density at radius 3 is 1.32 bits per heavy atom. The number of aromatic nitrogens is 2. The Morgan fingerprint density at radius 2 is 0.748 bits per heavy atom. The molecular formula is C98H91BN4. The summed E-state index contributed by atoms with van der Waals surface area (Å²) in [4.78, 5) is 5.14. The highest BCUT2D eigenvalue weighted by Crippen LogP contribution is 2.56. The normalized spacial score (nSPS) is 14.4. The minimum Gasteiger partial charge on any atom is -0.310 e. The highest BCUT2D eigenvalue weighted by atomic mass is 15.2. The van der Waals surface area contributed by atoms with Gasteiger partial charge in [0.25, 0.3) is 6.71 Å². The van der Waals surface area contributed by atoms with Crippen molar-refractivity contribution in [2.75, 3.05) is 9.80 Å². The summed E-state index contributed by atoms with van der Waals surface area (Å²) in [6.07, 6.45) is 0. The van der Waals surface area contributed by atoms with Gasteiger partial charge < -0.3 is 18.9 Å². The minimum absolute atomic E-state index is 0.0176. The molecule has 2 aromatic heterocycles. The van der Waals surface area contributed by atoms with E-state index in [-0.39, 0.29) is 67.6 Å². The van der Waals surface area contributed by atoms with Crippen LogP contribution in [0, 0.1) is 0 Å². The van der Waals surface area contributed by atoms with Crippen molar-refractivity contribution in [1.82, 2.24) is 9.13 Å². The van der Waals surface area contributed by atoms with E-state index in [1.165, 1.54) is 16.7 Å². The number of hydrogen-bond donors (Lipinski definition) is 0. The molecule has 4 heterocycles.